The predicted molar refractivity (Wildman–Crippen MR) is 162 cm³/mol. The Labute approximate surface area is 251 Å². The summed E-state index contributed by atoms with van der Waals surface area (Å²) in [6.45, 7) is 3.82. The van der Waals surface area contributed by atoms with Crippen molar-refractivity contribution in [3.63, 3.8) is 0 Å². The number of rotatable bonds is 12. The highest BCUT2D eigenvalue weighted by Gasteiger charge is 2.33. The van der Waals surface area contributed by atoms with Crippen molar-refractivity contribution < 1.29 is 18.0 Å². The van der Waals surface area contributed by atoms with Crippen LogP contribution >= 0.6 is 34.8 Å². The predicted octanol–water partition coefficient (Wildman–Crippen LogP) is 5.83. The van der Waals surface area contributed by atoms with Crippen LogP contribution in [0.2, 0.25) is 15.1 Å². The van der Waals surface area contributed by atoms with Gasteiger partial charge in [-0.2, -0.15) is 0 Å². The molecule has 0 radical (unpaired) electrons. The molecule has 0 fully saturated rings. The van der Waals surface area contributed by atoms with E-state index in [1.807, 2.05) is 44.2 Å². The van der Waals surface area contributed by atoms with Gasteiger partial charge in [-0.05, 0) is 41.3 Å². The third-order valence-corrected chi connectivity index (χ3v) is 8.29. The molecule has 0 aromatic heterocycles. The molecule has 0 saturated heterocycles. The lowest BCUT2D eigenvalue weighted by molar-refractivity contribution is -0.140. The Morgan fingerprint density at radius 3 is 2.12 bits per heavy atom. The molecule has 0 aliphatic carbocycles. The summed E-state index contributed by atoms with van der Waals surface area (Å²) in [5, 5.41) is 3.61. The Hall–Kier alpha value is -2.78. The fourth-order valence-electron chi connectivity index (χ4n) is 4.04. The molecule has 1 atom stereocenters. The number of amides is 2. The van der Waals surface area contributed by atoms with Crippen LogP contribution in [0.25, 0.3) is 0 Å². The van der Waals surface area contributed by atoms with E-state index in [9.17, 15) is 18.0 Å². The first-order valence-electron chi connectivity index (χ1n) is 12.6. The summed E-state index contributed by atoms with van der Waals surface area (Å²) in [5.41, 5.74) is 1.64. The second-order valence-corrected chi connectivity index (χ2v) is 13.0. The van der Waals surface area contributed by atoms with E-state index in [4.69, 9.17) is 34.8 Å². The van der Waals surface area contributed by atoms with Gasteiger partial charge in [-0.1, -0.05) is 97.2 Å². The second-order valence-electron chi connectivity index (χ2n) is 9.84. The van der Waals surface area contributed by atoms with Gasteiger partial charge in [0.25, 0.3) is 0 Å². The summed E-state index contributed by atoms with van der Waals surface area (Å²) in [7, 11) is -3.97. The lowest BCUT2D eigenvalue weighted by Crippen LogP contribution is -2.53. The maximum Gasteiger partial charge on any atom is 0.244 e. The fraction of sp³-hybridized carbons (Fsp3) is 0.310. The quantitative estimate of drug-likeness (QED) is 0.275. The number of nitrogens with zero attached hydrogens (tertiary/aromatic N) is 2. The molecule has 0 aliphatic heterocycles. The molecule has 1 unspecified atom stereocenters. The largest absolute Gasteiger partial charge is 0.354 e. The standard InChI is InChI=1S/C29H32Cl3N3O4S/c1-20(2)17-33-29(37)26(16-21-8-5-4-6-9-21)34(18-22-12-14-23(30)15-13-22)27(36)19-35(40(3,38)39)25-11-7-10-24(31)28(25)32/h4-15,20,26H,16-19H2,1-3H3,(H,33,37). The van der Waals surface area contributed by atoms with E-state index in [-0.39, 0.29) is 40.5 Å². The van der Waals surface area contributed by atoms with Gasteiger partial charge in [0.1, 0.15) is 12.6 Å². The van der Waals surface area contributed by atoms with Crippen molar-refractivity contribution in [3.8, 4) is 0 Å². The third kappa shape index (κ3) is 8.86. The Morgan fingerprint density at radius 1 is 0.875 bits per heavy atom. The number of sulfonamides is 1. The smallest absolute Gasteiger partial charge is 0.244 e. The topological polar surface area (TPSA) is 86.8 Å². The molecule has 1 N–H and O–H groups in total. The minimum atomic E-state index is -3.97. The zero-order valence-electron chi connectivity index (χ0n) is 22.5. The lowest BCUT2D eigenvalue weighted by Gasteiger charge is -2.34. The number of hydrogen-bond acceptors (Lipinski definition) is 4. The van der Waals surface area contributed by atoms with Gasteiger partial charge in [-0.25, -0.2) is 8.42 Å². The van der Waals surface area contributed by atoms with Crippen LogP contribution in [0, 0.1) is 5.92 Å². The van der Waals surface area contributed by atoms with Crippen LogP contribution in [0.4, 0.5) is 5.69 Å². The molecule has 3 aromatic rings. The van der Waals surface area contributed by atoms with Crippen LogP contribution in [0.1, 0.15) is 25.0 Å². The minimum Gasteiger partial charge on any atom is -0.354 e. The van der Waals surface area contributed by atoms with E-state index in [0.717, 1.165) is 21.7 Å². The first-order chi connectivity index (χ1) is 18.9. The average Bonchev–Trinajstić information content (AvgIpc) is 2.90. The van der Waals surface area contributed by atoms with Crippen LogP contribution in [0.5, 0.6) is 0 Å². The van der Waals surface area contributed by atoms with Crippen LogP contribution < -0.4 is 9.62 Å². The highest BCUT2D eigenvalue weighted by molar-refractivity contribution is 7.92. The molecule has 0 saturated carbocycles. The van der Waals surface area contributed by atoms with Crippen LogP contribution in [0.15, 0.2) is 72.8 Å². The van der Waals surface area contributed by atoms with E-state index < -0.39 is 28.5 Å². The van der Waals surface area contributed by atoms with E-state index >= 15 is 0 Å². The summed E-state index contributed by atoms with van der Waals surface area (Å²) >= 11 is 18.6. The first-order valence-corrected chi connectivity index (χ1v) is 15.6. The van der Waals surface area contributed by atoms with Crippen molar-refractivity contribution >= 4 is 62.3 Å². The highest BCUT2D eigenvalue weighted by Crippen LogP contribution is 2.34. The van der Waals surface area contributed by atoms with Crippen molar-refractivity contribution in [1.29, 1.82) is 0 Å². The monoisotopic (exact) mass is 623 g/mol. The lowest BCUT2D eigenvalue weighted by atomic mass is 10.0. The zero-order chi connectivity index (χ0) is 29.4. The maximum atomic E-state index is 14.1. The van der Waals surface area contributed by atoms with Gasteiger partial charge < -0.3 is 10.2 Å². The summed E-state index contributed by atoms with van der Waals surface area (Å²) in [5.74, 6) is -0.740. The number of halogens is 3. The van der Waals surface area contributed by atoms with Crippen LogP contribution in [0.3, 0.4) is 0 Å². The molecule has 3 aromatic carbocycles. The molecule has 3 rings (SSSR count). The molecule has 0 spiro atoms. The van der Waals surface area contributed by atoms with Gasteiger partial charge in [0, 0.05) is 24.5 Å². The van der Waals surface area contributed by atoms with Gasteiger partial charge in [0.2, 0.25) is 21.8 Å². The number of hydrogen-bond donors (Lipinski definition) is 1. The fourth-order valence-corrected chi connectivity index (χ4v) is 5.47. The Morgan fingerprint density at radius 2 is 1.52 bits per heavy atom. The Bertz CT molecular complexity index is 1420. The second kappa shape index (κ2) is 14.2. The first kappa shape index (κ1) is 31.7. The molecule has 0 bridgehead atoms. The molecular weight excluding hydrogens is 593 g/mol. The van der Waals surface area contributed by atoms with Crippen LogP contribution in [-0.2, 0) is 32.6 Å². The summed E-state index contributed by atoms with van der Waals surface area (Å²) in [6.07, 6.45) is 1.21. The molecule has 40 heavy (non-hydrogen) atoms. The maximum absolute atomic E-state index is 14.1. The van der Waals surface area contributed by atoms with E-state index in [0.29, 0.717) is 11.6 Å². The SMILES string of the molecule is CC(C)CNC(=O)C(Cc1ccccc1)N(Cc1ccc(Cl)cc1)C(=O)CN(c1cccc(Cl)c1Cl)S(C)(=O)=O. The van der Waals surface area contributed by atoms with Crippen molar-refractivity contribution in [2.24, 2.45) is 5.92 Å². The van der Waals surface area contributed by atoms with Gasteiger partial charge >= 0.3 is 0 Å². The summed E-state index contributed by atoms with van der Waals surface area (Å²) in [4.78, 5) is 29.1. The third-order valence-electron chi connectivity index (χ3n) is 6.10. The summed E-state index contributed by atoms with van der Waals surface area (Å²) < 4.78 is 26.7. The molecule has 214 valence electrons. The molecule has 0 aliphatic rings. The van der Waals surface area contributed by atoms with Gasteiger partial charge in [-0.15, -0.1) is 0 Å². The molecule has 11 heteroatoms. The zero-order valence-corrected chi connectivity index (χ0v) is 25.6. The van der Waals surface area contributed by atoms with E-state index in [2.05, 4.69) is 5.32 Å². The molecular formula is C29H32Cl3N3O4S. The normalized spacial score (nSPS) is 12.2. The van der Waals surface area contributed by atoms with Gasteiger partial charge in [-0.3, -0.25) is 13.9 Å². The molecule has 0 heterocycles. The minimum absolute atomic E-state index is 0.00200. The van der Waals surface area contributed by atoms with Gasteiger partial charge in [0.05, 0.1) is 22.0 Å². The average molecular weight is 625 g/mol. The molecule has 7 nitrogen and oxygen atoms in total. The summed E-state index contributed by atoms with van der Waals surface area (Å²) in [6, 6.07) is 19.9. The Balaban J connectivity index is 2.07. The number of nitrogens with one attached hydrogen (secondary N) is 1. The van der Waals surface area contributed by atoms with Crippen LogP contribution in [-0.4, -0.2) is 50.5 Å². The van der Waals surface area contributed by atoms with Crippen molar-refractivity contribution in [3.05, 3.63) is 99.0 Å². The van der Waals surface area contributed by atoms with Gasteiger partial charge in [0.15, 0.2) is 0 Å². The number of carbonyl (C=O) groups excluding carboxylic acids is 2. The van der Waals surface area contributed by atoms with Crippen molar-refractivity contribution in [2.75, 3.05) is 23.7 Å². The van der Waals surface area contributed by atoms with Crippen molar-refractivity contribution in [1.82, 2.24) is 10.2 Å². The number of carbonyl (C=O) groups is 2. The van der Waals surface area contributed by atoms with E-state index in [1.54, 1.807) is 30.3 Å². The number of anilines is 1. The molecule has 2 amide bonds. The highest BCUT2D eigenvalue weighted by atomic mass is 35.5. The van der Waals surface area contributed by atoms with Crippen molar-refractivity contribution in [2.45, 2.75) is 32.9 Å². The Kier molecular flexibility index (Phi) is 11.3. The van der Waals surface area contributed by atoms with E-state index in [1.165, 1.54) is 17.0 Å². The number of benzene rings is 3.